The molecule has 1 fully saturated rings. The van der Waals surface area contributed by atoms with Gasteiger partial charge in [-0.2, -0.15) is 0 Å². The maximum absolute atomic E-state index is 4.24. The number of likely N-dealkylation sites (tertiary alicyclic amines) is 1. The molecule has 1 rings (SSSR count). The van der Waals surface area contributed by atoms with E-state index in [1.54, 1.807) is 0 Å². The van der Waals surface area contributed by atoms with Crippen molar-refractivity contribution in [2.24, 2.45) is 10.9 Å². The zero-order valence-electron chi connectivity index (χ0n) is 12.3. The summed E-state index contributed by atoms with van der Waals surface area (Å²) >= 11 is 0. The molecule has 1 aliphatic rings. The molecule has 0 spiro atoms. The molecule has 0 bridgehead atoms. The van der Waals surface area contributed by atoms with Gasteiger partial charge in [-0.3, -0.25) is 4.99 Å². The molecule has 1 aliphatic heterocycles. The molecule has 0 aromatic carbocycles. The number of aliphatic imine (C=N–C) groups is 1. The van der Waals surface area contributed by atoms with Gasteiger partial charge in [0.25, 0.3) is 0 Å². The summed E-state index contributed by atoms with van der Waals surface area (Å²) in [5.74, 6) is 1.85. The number of unbranched alkanes of at least 4 members (excludes halogenated alkanes) is 1. The SMILES string of the molecule is CCCCNC(=NC)NCCC1CCN(C)CC1. The predicted molar refractivity (Wildman–Crippen MR) is 79.1 cm³/mol. The minimum atomic E-state index is 0.891. The van der Waals surface area contributed by atoms with E-state index in [-0.39, 0.29) is 0 Å². The molecule has 0 aliphatic carbocycles. The molecular weight excluding hydrogens is 224 g/mol. The highest BCUT2D eigenvalue weighted by Crippen LogP contribution is 2.18. The van der Waals surface area contributed by atoms with Crippen molar-refractivity contribution in [3.8, 4) is 0 Å². The van der Waals surface area contributed by atoms with E-state index in [2.05, 4.69) is 34.5 Å². The summed E-state index contributed by atoms with van der Waals surface area (Å²) in [6.45, 7) is 6.78. The Kier molecular flexibility index (Phi) is 7.81. The van der Waals surface area contributed by atoms with Gasteiger partial charge in [-0.05, 0) is 51.7 Å². The van der Waals surface area contributed by atoms with Crippen molar-refractivity contribution in [2.45, 2.75) is 39.0 Å². The predicted octanol–water partition coefficient (Wildman–Crippen LogP) is 1.68. The van der Waals surface area contributed by atoms with Crippen molar-refractivity contribution in [2.75, 3.05) is 40.3 Å². The summed E-state index contributed by atoms with van der Waals surface area (Å²) in [6, 6.07) is 0. The molecule has 106 valence electrons. The molecule has 0 amide bonds. The van der Waals surface area contributed by atoms with Gasteiger partial charge in [0.15, 0.2) is 5.96 Å². The van der Waals surface area contributed by atoms with Gasteiger partial charge in [0.1, 0.15) is 0 Å². The van der Waals surface area contributed by atoms with Gasteiger partial charge in [-0.25, -0.2) is 0 Å². The Hall–Kier alpha value is -0.770. The van der Waals surface area contributed by atoms with E-state index in [0.29, 0.717) is 0 Å². The average Bonchev–Trinajstić information content (AvgIpc) is 2.39. The molecular formula is C14H30N4. The fourth-order valence-corrected chi connectivity index (χ4v) is 2.35. The van der Waals surface area contributed by atoms with Gasteiger partial charge >= 0.3 is 0 Å². The molecule has 0 aromatic heterocycles. The second-order valence-electron chi connectivity index (χ2n) is 5.31. The Labute approximate surface area is 112 Å². The van der Waals surface area contributed by atoms with E-state index >= 15 is 0 Å². The number of guanidine groups is 1. The van der Waals surface area contributed by atoms with Gasteiger partial charge in [0.05, 0.1) is 0 Å². The van der Waals surface area contributed by atoms with Crippen LogP contribution in [0, 0.1) is 5.92 Å². The number of rotatable bonds is 6. The van der Waals surface area contributed by atoms with E-state index in [1.165, 1.54) is 45.2 Å². The molecule has 0 unspecified atom stereocenters. The van der Waals surface area contributed by atoms with Crippen molar-refractivity contribution < 1.29 is 0 Å². The maximum atomic E-state index is 4.24. The maximum Gasteiger partial charge on any atom is 0.190 e. The second-order valence-corrected chi connectivity index (χ2v) is 5.31. The fraction of sp³-hybridized carbons (Fsp3) is 0.929. The third kappa shape index (κ3) is 6.24. The van der Waals surface area contributed by atoms with Crippen LogP contribution in [0.5, 0.6) is 0 Å². The smallest absolute Gasteiger partial charge is 0.190 e. The normalized spacial score (nSPS) is 18.9. The first-order valence-electron chi connectivity index (χ1n) is 7.39. The van der Waals surface area contributed by atoms with Crippen molar-refractivity contribution in [1.29, 1.82) is 0 Å². The fourth-order valence-electron chi connectivity index (χ4n) is 2.35. The molecule has 1 saturated heterocycles. The lowest BCUT2D eigenvalue weighted by Crippen LogP contribution is -2.39. The Balaban J connectivity index is 2.08. The minimum Gasteiger partial charge on any atom is -0.356 e. The zero-order valence-corrected chi connectivity index (χ0v) is 12.3. The lowest BCUT2D eigenvalue weighted by atomic mass is 9.94. The van der Waals surface area contributed by atoms with Crippen LogP contribution in [0.15, 0.2) is 4.99 Å². The lowest BCUT2D eigenvalue weighted by molar-refractivity contribution is 0.213. The second kappa shape index (κ2) is 9.20. The number of nitrogens with zero attached hydrogens (tertiary/aromatic N) is 2. The Morgan fingerprint density at radius 2 is 1.89 bits per heavy atom. The summed E-state index contributed by atoms with van der Waals surface area (Å²) in [7, 11) is 4.06. The standard InChI is InChI=1S/C14H30N4/c1-4-5-9-16-14(15-2)17-10-6-13-7-11-18(3)12-8-13/h13H,4-12H2,1-3H3,(H2,15,16,17). The van der Waals surface area contributed by atoms with Gasteiger partial charge in [-0.15, -0.1) is 0 Å². The molecule has 18 heavy (non-hydrogen) atoms. The molecule has 0 atom stereocenters. The van der Waals surface area contributed by atoms with Gasteiger partial charge < -0.3 is 15.5 Å². The Morgan fingerprint density at radius 3 is 2.50 bits per heavy atom. The highest BCUT2D eigenvalue weighted by atomic mass is 15.2. The van der Waals surface area contributed by atoms with E-state index in [0.717, 1.165) is 25.0 Å². The zero-order chi connectivity index (χ0) is 13.2. The van der Waals surface area contributed by atoms with Gasteiger partial charge in [0.2, 0.25) is 0 Å². The summed E-state index contributed by atoms with van der Waals surface area (Å²) < 4.78 is 0. The van der Waals surface area contributed by atoms with E-state index in [9.17, 15) is 0 Å². The summed E-state index contributed by atoms with van der Waals surface area (Å²) in [4.78, 5) is 6.67. The third-order valence-electron chi connectivity index (χ3n) is 3.73. The van der Waals surface area contributed by atoms with E-state index < -0.39 is 0 Å². The average molecular weight is 254 g/mol. The quantitative estimate of drug-likeness (QED) is 0.430. The van der Waals surface area contributed by atoms with Gasteiger partial charge in [0, 0.05) is 20.1 Å². The molecule has 0 aromatic rings. The topological polar surface area (TPSA) is 39.7 Å². The van der Waals surface area contributed by atoms with Crippen molar-refractivity contribution >= 4 is 5.96 Å². The monoisotopic (exact) mass is 254 g/mol. The van der Waals surface area contributed by atoms with Crippen LogP contribution in [0.2, 0.25) is 0 Å². The van der Waals surface area contributed by atoms with Crippen LogP contribution in [0.3, 0.4) is 0 Å². The number of nitrogens with one attached hydrogen (secondary N) is 2. The Bertz CT molecular complexity index is 232. The first-order chi connectivity index (χ1) is 8.76. The highest BCUT2D eigenvalue weighted by molar-refractivity contribution is 5.79. The van der Waals surface area contributed by atoms with Crippen molar-refractivity contribution in [1.82, 2.24) is 15.5 Å². The van der Waals surface area contributed by atoms with E-state index in [4.69, 9.17) is 0 Å². The largest absolute Gasteiger partial charge is 0.356 e. The van der Waals surface area contributed by atoms with Crippen LogP contribution in [0.1, 0.15) is 39.0 Å². The Morgan fingerprint density at radius 1 is 1.22 bits per heavy atom. The van der Waals surface area contributed by atoms with Gasteiger partial charge in [-0.1, -0.05) is 13.3 Å². The first-order valence-corrected chi connectivity index (χ1v) is 7.39. The third-order valence-corrected chi connectivity index (χ3v) is 3.73. The van der Waals surface area contributed by atoms with Crippen LogP contribution < -0.4 is 10.6 Å². The minimum absolute atomic E-state index is 0.891. The molecule has 4 heteroatoms. The van der Waals surface area contributed by atoms with Crippen LogP contribution in [0.4, 0.5) is 0 Å². The molecule has 0 saturated carbocycles. The van der Waals surface area contributed by atoms with Crippen LogP contribution in [-0.4, -0.2) is 51.1 Å². The summed E-state index contributed by atoms with van der Waals surface area (Å²) in [6.07, 6.45) is 6.39. The lowest BCUT2D eigenvalue weighted by Gasteiger charge is -2.29. The molecule has 2 N–H and O–H groups in total. The summed E-state index contributed by atoms with van der Waals surface area (Å²) in [5, 5.41) is 6.76. The number of hydrogen-bond donors (Lipinski definition) is 2. The van der Waals surface area contributed by atoms with Crippen LogP contribution in [0.25, 0.3) is 0 Å². The van der Waals surface area contributed by atoms with Crippen molar-refractivity contribution in [3.63, 3.8) is 0 Å². The number of piperidine rings is 1. The molecule has 1 heterocycles. The van der Waals surface area contributed by atoms with E-state index in [1.807, 2.05) is 7.05 Å². The highest BCUT2D eigenvalue weighted by Gasteiger charge is 2.15. The van der Waals surface area contributed by atoms with Crippen LogP contribution in [-0.2, 0) is 0 Å². The summed E-state index contributed by atoms with van der Waals surface area (Å²) in [5.41, 5.74) is 0. The molecule has 0 radical (unpaired) electrons. The van der Waals surface area contributed by atoms with Crippen LogP contribution >= 0.6 is 0 Å². The van der Waals surface area contributed by atoms with Crippen molar-refractivity contribution in [3.05, 3.63) is 0 Å². The molecule has 4 nitrogen and oxygen atoms in total. The number of hydrogen-bond acceptors (Lipinski definition) is 2. The first kappa shape index (κ1) is 15.3.